The van der Waals surface area contributed by atoms with Crippen LogP contribution < -0.4 is 0 Å². The van der Waals surface area contributed by atoms with E-state index in [1.807, 2.05) is 24.3 Å². The van der Waals surface area contributed by atoms with E-state index in [0.29, 0.717) is 6.54 Å². The molecule has 0 radical (unpaired) electrons. The van der Waals surface area contributed by atoms with E-state index >= 15 is 0 Å². The van der Waals surface area contributed by atoms with Gasteiger partial charge in [0.2, 0.25) is 0 Å². The molecule has 0 saturated carbocycles. The first-order valence-electron chi connectivity index (χ1n) is 5.63. The van der Waals surface area contributed by atoms with Gasteiger partial charge in [-0.2, -0.15) is 0 Å². The molecule has 1 unspecified atom stereocenters. The van der Waals surface area contributed by atoms with Gasteiger partial charge < -0.3 is 0 Å². The molecule has 2 rings (SSSR count). The number of hydrogen-bond donors (Lipinski definition) is 0. The molecule has 96 valence electrons. The molecule has 1 aromatic rings. The molecule has 1 aromatic carbocycles. The smallest absolute Gasteiger partial charge is 0.156 e. The fraction of sp³-hybridized carbons (Fsp3) is 0.308. The lowest BCUT2D eigenvalue weighted by Crippen LogP contribution is -2.28. The minimum absolute atomic E-state index is 0.156. The maximum Gasteiger partial charge on any atom is 0.156 e. The lowest BCUT2D eigenvalue weighted by molar-refractivity contribution is -0.113. The average Bonchev–Trinajstić information content (AvgIpc) is 2.38. The van der Waals surface area contributed by atoms with Crippen molar-refractivity contribution in [1.82, 2.24) is 4.31 Å². The molecule has 1 heterocycles. The summed E-state index contributed by atoms with van der Waals surface area (Å²) < 4.78 is 2.21. The van der Waals surface area contributed by atoms with E-state index in [2.05, 4.69) is 31.6 Å². The first kappa shape index (κ1) is 14.4. The molecular formula is C13H13ClINOS. The fourth-order valence-corrected chi connectivity index (χ4v) is 4.06. The standard InChI is InChI=1S/C13H13ClINOS/c1-9(17)10-6-7-13(16(8-10)18-15)11-4-2-3-5-12(11)14/h2-6,13H,7-8H2,1H3. The summed E-state index contributed by atoms with van der Waals surface area (Å²) >= 11 is 8.51. The van der Waals surface area contributed by atoms with Crippen LogP contribution in [0.4, 0.5) is 0 Å². The quantitative estimate of drug-likeness (QED) is 0.553. The average molecular weight is 394 g/mol. The van der Waals surface area contributed by atoms with Crippen LogP contribution >= 0.6 is 41.9 Å². The minimum atomic E-state index is 0.156. The maximum absolute atomic E-state index is 11.4. The number of nitrogens with zero attached hydrogens (tertiary/aromatic N) is 1. The highest BCUT2D eigenvalue weighted by atomic mass is 127. The molecule has 0 aliphatic carbocycles. The molecule has 0 fully saturated rings. The summed E-state index contributed by atoms with van der Waals surface area (Å²) in [7, 11) is 1.63. The summed E-state index contributed by atoms with van der Waals surface area (Å²) in [5, 5.41) is 0.789. The Morgan fingerprint density at radius 1 is 1.50 bits per heavy atom. The predicted molar refractivity (Wildman–Crippen MR) is 85.9 cm³/mol. The van der Waals surface area contributed by atoms with E-state index in [0.717, 1.165) is 22.6 Å². The van der Waals surface area contributed by atoms with Crippen LogP contribution in [0, 0.1) is 0 Å². The Labute approximate surface area is 128 Å². The molecule has 1 aliphatic rings. The third-order valence-electron chi connectivity index (χ3n) is 3.07. The predicted octanol–water partition coefficient (Wildman–Crippen LogP) is 4.60. The van der Waals surface area contributed by atoms with Crippen LogP contribution in [0.15, 0.2) is 35.9 Å². The molecule has 0 aromatic heterocycles. The summed E-state index contributed by atoms with van der Waals surface area (Å²) in [5.74, 6) is 0.156. The van der Waals surface area contributed by atoms with Crippen LogP contribution in [0.2, 0.25) is 5.02 Å². The van der Waals surface area contributed by atoms with Gasteiger partial charge in [-0.25, -0.2) is 4.31 Å². The molecule has 0 bridgehead atoms. The van der Waals surface area contributed by atoms with Crippen LogP contribution in [-0.2, 0) is 4.79 Å². The molecule has 2 nitrogen and oxygen atoms in total. The van der Waals surface area contributed by atoms with Crippen molar-refractivity contribution >= 4 is 47.7 Å². The Hall–Kier alpha value is -0.0400. The van der Waals surface area contributed by atoms with Gasteiger partial charge in [0.15, 0.2) is 5.78 Å². The van der Waals surface area contributed by atoms with Gasteiger partial charge >= 0.3 is 0 Å². The fourth-order valence-electron chi connectivity index (χ4n) is 2.07. The molecular weight excluding hydrogens is 381 g/mol. The van der Waals surface area contributed by atoms with E-state index in [1.165, 1.54) is 0 Å². The first-order chi connectivity index (χ1) is 8.63. The SMILES string of the molecule is CC(=O)C1=CCC(c2ccccc2Cl)N(SI)C1. The number of rotatable bonds is 3. The number of Topliss-reactive ketones (excluding diaryl/α,β-unsaturated/α-hetero) is 1. The Morgan fingerprint density at radius 3 is 2.83 bits per heavy atom. The summed E-state index contributed by atoms with van der Waals surface area (Å²) in [6.45, 7) is 2.30. The van der Waals surface area contributed by atoms with Crippen molar-refractivity contribution in [2.75, 3.05) is 6.54 Å². The zero-order chi connectivity index (χ0) is 13.1. The van der Waals surface area contributed by atoms with Crippen molar-refractivity contribution in [3.05, 3.63) is 46.5 Å². The molecule has 0 saturated heterocycles. The summed E-state index contributed by atoms with van der Waals surface area (Å²) in [6, 6.07) is 8.15. The van der Waals surface area contributed by atoms with E-state index in [-0.39, 0.29) is 11.8 Å². The Bertz CT molecular complexity index is 492. The molecule has 0 N–H and O–H groups in total. The normalized spacial score (nSPS) is 20.6. The van der Waals surface area contributed by atoms with Gasteiger partial charge in [0.05, 0.1) is 6.04 Å². The van der Waals surface area contributed by atoms with Gasteiger partial charge in [0, 0.05) is 38.3 Å². The zero-order valence-electron chi connectivity index (χ0n) is 9.90. The van der Waals surface area contributed by atoms with Gasteiger partial charge in [-0.1, -0.05) is 35.9 Å². The van der Waals surface area contributed by atoms with Gasteiger partial charge in [-0.05, 0) is 34.1 Å². The monoisotopic (exact) mass is 393 g/mol. The van der Waals surface area contributed by atoms with Crippen molar-refractivity contribution in [3.63, 3.8) is 0 Å². The summed E-state index contributed by atoms with van der Waals surface area (Å²) in [4.78, 5) is 11.4. The number of halogens is 2. The van der Waals surface area contributed by atoms with Crippen LogP contribution in [0.1, 0.15) is 24.9 Å². The van der Waals surface area contributed by atoms with E-state index in [1.54, 1.807) is 16.0 Å². The molecule has 0 spiro atoms. The molecule has 18 heavy (non-hydrogen) atoms. The van der Waals surface area contributed by atoms with Gasteiger partial charge in [-0.3, -0.25) is 4.79 Å². The molecule has 1 atom stereocenters. The lowest BCUT2D eigenvalue weighted by atomic mass is 9.97. The van der Waals surface area contributed by atoms with E-state index in [9.17, 15) is 4.79 Å². The summed E-state index contributed by atoms with van der Waals surface area (Å²) in [6.07, 6.45) is 2.87. The second-order valence-electron chi connectivity index (χ2n) is 4.20. The lowest BCUT2D eigenvalue weighted by Gasteiger charge is -2.32. The highest BCUT2D eigenvalue weighted by molar-refractivity contribution is 14.2. The van der Waals surface area contributed by atoms with Crippen LogP contribution in [0.25, 0.3) is 0 Å². The Balaban J connectivity index is 2.29. The number of carbonyl (C=O) groups is 1. The highest BCUT2D eigenvalue weighted by Crippen LogP contribution is 2.40. The van der Waals surface area contributed by atoms with Crippen LogP contribution in [0.5, 0.6) is 0 Å². The van der Waals surface area contributed by atoms with Crippen molar-refractivity contribution in [1.29, 1.82) is 0 Å². The molecule has 1 aliphatic heterocycles. The van der Waals surface area contributed by atoms with Gasteiger partial charge in [0.25, 0.3) is 0 Å². The number of hydrogen-bond acceptors (Lipinski definition) is 3. The van der Waals surface area contributed by atoms with Gasteiger partial charge in [0.1, 0.15) is 0 Å². The van der Waals surface area contributed by atoms with Crippen molar-refractivity contribution in [2.45, 2.75) is 19.4 Å². The second-order valence-corrected chi connectivity index (χ2v) is 6.40. The van der Waals surface area contributed by atoms with Crippen LogP contribution in [-0.4, -0.2) is 16.6 Å². The topological polar surface area (TPSA) is 20.3 Å². The van der Waals surface area contributed by atoms with Crippen molar-refractivity contribution in [2.24, 2.45) is 0 Å². The highest BCUT2D eigenvalue weighted by Gasteiger charge is 2.27. The van der Waals surface area contributed by atoms with Crippen molar-refractivity contribution < 1.29 is 4.79 Å². The van der Waals surface area contributed by atoms with Crippen LogP contribution in [0.3, 0.4) is 0 Å². The third-order valence-corrected chi connectivity index (χ3v) is 5.49. The third kappa shape index (κ3) is 3.10. The van der Waals surface area contributed by atoms with E-state index < -0.39 is 0 Å². The largest absolute Gasteiger partial charge is 0.295 e. The van der Waals surface area contributed by atoms with E-state index in [4.69, 9.17) is 11.6 Å². The minimum Gasteiger partial charge on any atom is -0.295 e. The Kier molecular flexibility index (Phi) is 5.12. The Morgan fingerprint density at radius 2 is 2.22 bits per heavy atom. The maximum atomic E-state index is 11.4. The van der Waals surface area contributed by atoms with Crippen molar-refractivity contribution in [3.8, 4) is 0 Å². The zero-order valence-corrected chi connectivity index (χ0v) is 13.6. The number of ketones is 1. The molecule has 5 heteroatoms. The second kappa shape index (κ2) is 6.41. The molecule has 0 amide bonds. The number of carbonyl (C=O) groups excluding carboxylic acids is 1. The number of benzene rings is 1. The summed E-state index contributed by atoms with van der Waals surface area (Å²) in [5.41, 5.74) is 2.02. The first-order valence-corrected chi connectivity index (χ1v) is 9.32. The van der Waals surface area contributed by atoms with Gasteiger partial charge in [-0.15, -0.1) is 0 Å².